The Morgan fingerprint density at radius 2 is 1.74 bits per heavy atom. The average Bonchev–Trinajstić information content (AvgIpc) is 2.31. The van der Waals surface area contributed by atoms with Crippen LogP contribution in [0.1, 0.15) is 46.0 Å². The summed E-state index contributed by atoms with van der Waals surface area (Å²) in [6.45, 7) is 4.59. The lowest BCUT2D eigenvalue weighted by Crippen LogP contribution is -2.50. The third-order valence-corrected chi connectivity index (χ3v) is 2.92. The molecule has 110 valence electrons. The second-order valence-electron chi connectivity index (χ2n) is 5.24. The van der Waals surface area contributed by atoms with Gasteiger partial charge in [0.25, 0.3) is 0 Å². The Balaban J connectivity index is 2.06. The smallest absolute Gasteiger partial charge is 0.303 e. The van der Waals surface area contributed by atoms with E-state index in [2.05, 4.69) is 5.32 Å². The molecule has 1 rings (SSSR count). The van der Waals surface area contributed by atoms with Gasteiger partial charge in [0, 0.05) is 12.8 Å². The minimum atomic E-state index is -0.788. The molecule has 0 aromatic rings. The van der Waals surface area contributed by atoms with Gasteiger partial charge >= 0.3 is 5.97 Å². The highest BCUT2D eigenvalue weighted by Gasteiger charge is 2.28. The molecule has 0 aromatic heterocycles. The second-order valence-corrected chi connectivity index (χ2v) is 5.24. The van der Waals surface area contributed by atoms with Gasteiger partial charge in [-0.3, -0.25) is 9.59 Å². The zero-order valence-corrected chi connectivity index (χ0v) is 11.6. The minimum absolute atomic E-state index is 0.0350. The van der Waals surface area contributed by atoms with E-state index in [9.17, 15) is 9.59 Å². The van der Waals surface area contributed by atoms with Gasteiger partial charge in [-0.25, -0.2) is 0 Å². The van der Waals surface area contributed by atoms with Crippen LogP contribution < -0.4 is 5.32 Å². The number of carbonyl (C=O) groups excluding carboxylic acids is 1. The molecule has 2 N–H and O–H groups in total. The lowest BCUT2D eigenvalue weighted by molar-refractivity contribution is -0.252. The van der Waals surface area contributed by atoms with Crippen LogP contribution in [0, 0.1) is 0 Å². The standard InChI is InChI=1S/C13H23NO5/c1-13(2)18-8-10(9-19-13)14-11(15)6-4-3-5-7-12(16)17/h10H,3-9H2,1-2H3,(H,14,15)(H,16,17). The fourth-order valence-electron chi connectivity index (χ4n) is 1.81. The van der Waals surface area contributed by atoms with E-state index in [0.717, 1.165) is 6.42 Å². The number of carbonyl (C=O) groups is 2. The van der Waals surface area contributed by atoms with Crippen molar-refractivity contribution < 1.29 is 24.2 Å². The highest BCUT2D eigenvalue weighted by Crippen LogP contribution is 2.17. The first-order chi connectivity index (χ1) is 8.89. The molecule has 1 aliphatic rings. The fourth-order valence-corrected chi connectivity index (χ4v) is 1.81. The Kier molecular flexibility index (Phi) is 6.24. The summed E-state index contributed by atoms with van der Waals surface area (Å²) >= 11 is 0. The SMILES string of the molecule is CC1(C)OCC(NC(=O)CCCCCC(=O)O)CO1. The Hall–Kier alpha value is -1.14. The maximum absolute atomic E-state index is 11.6. The molecule has 1 fully saturated rings. The summed E-state index contributed by atoms with van der Waals surface area (Å²) in [5.41, 5.74) is 0. The Bertz CT molecular complexity index is 306. The van der Waals surface area contributed by atoms with Crippen LogP contribution in [0.3, 0.4) is 0 Å². The molecule has 0 aliphatic carbocycles. The van der Waals surface area contributed by atoms with Gasteiger partial charge in [0.15, 0.2) is 5.79 Å². The molecular weight excluding hydrogens is 250 g/mol. The molecule has 1 saturated heterocycles. The van der Waals surface area contributed by atoms with Gasteiger partial charge in [-0.15, -0.1) is 0 Å². The van der Waals surface area contributed by atoms with E-state index in [0.29, 0.717) is 32.5 Å². The van der Waals surface area contributed by atoms with Crippen molar-refractivity contribution in [3.05, 3.63) is 0 Å². The Morgan fingerprint density at radius 1 is 1.16 bits per heavy atom. The molecule has 1 aliphatic heterocycles. The zero-order chi connectivity index (χ0) is 14.3. The molecule has 0 unspecified atom stereocenters. The van der Waals surface area contributed by atoms with Crippen molar-refractivity contribution in [2.24, 2.45) is 0 Å². The van der Waals surface area contributed by atoms with Crippen molar-refractivity contribution >= 4 is 11.9 Å². The summed E-state index contributed by atoms with van der Waals surface area (Å²) in [5.74, 6) is -1.39. The van der Waals surface area contributed by atoms with Crippen LogP contribution in [0.25, 0.3) is 0 Å². The fraction of sp³-hybridized carbons (Fsp3) is 0.846. The zero-order valence-electron chi connectivity index (χ0n) is 11.6. The lowest BCUT2D eigenvalue weighted by atomic mass is 10.1. The summed E-state index contributed by atoms with van der Waals surface area (Å²) < 4.78 is 10.9. The van der Waals surface area contributed by atoms with E-state index >= 15 is 0 Å². The van der Waals surface area contributed by atoms with Crippen LogP contribution >= 0.6 is 0 Å². The number of nitrogens with one attached hydrogen (secondary N) is 1. The van der Waals surface area contributed by atoms with E-state index < -0.39 is 11.8 Å². The van der Waals surface area contributed by atoms with E-state index in [1.54, 1.807) is 0 Å². The van der Waals surface area contributed by atoms with Gasteiger partial charge in [-0.05, 0) is 26.7 Å². The molecule has 0 aromatic carbocycles. The molecule has 0 radical (unpaired) electrons. The summed E-state index contributed by atoms with van der Waals surface area (Å²) in [4.78, 5) is 21.9. The third-order valence-electron chi connectivity index (χ3n) is 2.92. The van der Waals surface area contributed by atoms with Crippen molar-refractivity contribution in [1.82, 2.24) is 5.32 Å². The summed E-state index contributed by atoms with van der Waals surface area (Å²) in [5, 5.41) is 11.3. The van der Waals surface area contributed by atoms with E-state index in [-0.39, 0.29) is 18.4 Å². The lowest BCUT2D eigenvalue weighted by Gasteiger charge is -2.35. The van der Waals surface area contributed by atoms with Gasteiger partial charge in [0.05, 0.1) is 19.3 Å². The van der Waals surface area contributed by atoms with E-state index in [4.69, 9.17) is 14.6 Å². The Morgan fingerprint density at radius 3 is 2.32 bits per heavy atom. The number of carboxylic acid groups (broad SMARTS) is 1. The average molecular weight is 273 g/mol. The first kappa shape index (κ1) is 15.9. The van der Waals surface area contributed by atoms with Gasteiger partial charge in [0.1, 0.15) is 0 Å². The number of hydrogen-bond acceptors (Lipinski definition) is 4. The Labute approximate surface area is 113 Å². The highest BCUT2D eigenvalue weighted by molar-refractivity contribution is 5.76. The van der Waals surface area contributed by atoms with Crippen LogP contribution in [0.5, 0.6) is 0 Å². The topological polar surface area (TPSA) is 84.9 Å². The van der Waals surface area contributed by atoms with Crippen LogP contribution in [0.15, 0.2) is 0 Å². The van der Waals surface area contributed by atoms with Crippen molar-refractivity contribution in [2.75, 3.05) is 13.2 Å². The summed E-state index contributed by atoms with van der Waals surface area (Å²) in [7, 11) is 0. The maximum Gasteiger partial charge on any atom is 0.303 e. The normalized spacial score (nSPS) is 19.1. The molecular formula is C13H23NO5. The van der Waals surface area contributed by atoms with Gasteiger partial charge in [-0.1, -0.05) is 6.42 Å². The molecule has 1 heterocycles. The van der Waals surface area contributed by atoms with Crippen LogP contribution in [-0.4, -0.2) is 42.0 Å². The van der Waals surface area contributed by atoms with Crippen LogP contribution in [0.2, 0.25) is 0 Å². The molecule has 0 atom stereocenters. The number of carboxylic acids is 1. The minimum Gasteiger partial charge on any atom is -0.481 e. The van der Waals surface area contributed by atoms with E-state index in [1.807, 2.05) is 13.8 Å². The molecule has 19 heavy (non-hydrogen) atoms. The predicted octanol–water partition coefficient (Wildman–Crippen LogP) is 1.29. The molecule has 1 amide bonds. The predicted molar refractivity (Wildman–Crippen MR) is 68.6 cm³/mol. The van der Waals surface area contributed by atoms with Gasteiger partial charge in [-0.2, -0.15) is 0 Å². The number of aliphatic carboxylic acids is 1. The molecule has 0 saturated carbocycles. The second kappa shape index (κ2) is 7.45. The highest BCUT2D eigenvalue weighted by atomic mass is 16.7. The van der Waals surface area contributed by atoms with Crippen molar-refractivity contribution in [2.45, 2.75) is 57.8 Å². The number of ether oxygens (including phenoxy) is 2. The number of amides is 1. The maximum atomic E-state index is 11.6. The van der Waals surface area contributed by atoms with Crippen LogP contribution in [-0.2, 0) is 19.1 Å². The van der Waals surface area contributed by atoms with Crippen molar-refractivity contribution in [3.63, 3.8) is 0 Å². The van der Waals surface area contributed by atoms with Gasteiger partial charge in [0.2, 0.25) is 5.91 Å². The first-order valence-corrected chi connectivity index (χ1v) is 6.68. The summed E-state index contributed by atoms with van der Waals surface area (Å²) in [6.07, 6.45) is 2.66. The molecule has 0 spiro atoms. The number of rotatable bonds is 7. The van der Waals surface area contributed by atoms with Crippen molar-refractivity contribution in [1.29, 1.82) is 0 Å². The first-order valence-electron chi connectivity index (χ1n) is 6.68. The number of hydrogen-bond donors (Lipinski definition) is 2. The largest absolute Gasteiger partial charge is 0.481 e. The van der Waals surface area contributed by atoms with Gasteiger partial charge < -0.3 is 19.9 Å². The monoisotopic (exact) mass is 273 g/mol. The summed E-state index contributed by atoms with van der Waals surface area (Å²) in [6, 6.07) is -0.0976. The quantitative estimate of drug-likeness (QED) is 0.683. The molecule has 0 bridgehead atoms. The number of unbranched alkanes of at least 4 members (excludes halogenated alkanes) is 2. The van der Waals surface area contributed by atoms with Crippen LogP contribution in [0.4, 0.5) is 0 Å². The molecule has 6 nitrogen and oxygen atoms in total. The third kappa shape index (κ3) is 7.12. The van der Waals surface area contributed by atoms with Crippen molar-refractivity contribution in [3.8, 4) is 0 Å². The van der Waals surface area contributed by atoms with E-state index in [1.165, 1.54) is 0 Å². The molecule has 6 heteroatoms.